The van der Waals surface area contributed by atoms with Gasteiger partial charge in [0.2, 0.25) is 0 Å². The zero-order chi connectivity index (χ0) is 105. The number of fused-ring (bicyclic) bond motifs is 11. The summed E-state index contributed by atoms with van der Waals surface area (Å²) in [6.07, 6.45) is -0.00211. The molecule has 43 heteroatoms. The van der Waals surface area contributed by atoms with Crippen LogP contribution < -0.4 is 41.5 Å². The third-order valence-corrected chi connectivity index (χ3v) is 22.5. The number of esters is 3. The highest BCUT2D eigenvalue weighted by atomic mass is 35.5. The number of aliphatic hydroxyl groups excluding tert-OH is 2. The molecule has 15 rings (SSSR count). The number of anilines is 1. The van der Waals surface area contributed by atoms with Gasteiger partial charge in [-0.2, -0.15) is 10.2 Å². The number of ketones is 5. The van der Waals surface area contributed by atoms with Crippen molar-refractivity contribution in [2.75, 3.05) is 147 Å². The number of carbonyl (C=O) groups excluding carboxylic acids is 14. The van der Waals surface area contributed by atoms with E-state index in [0.29, 0.717) is 153 Å². The van der Waals surface area contributed by atoms with Gasteiger partial charge in [-0.15, -0.1) is 0 Å². The number of ether oxygens (including phenoxy) is 13. The van der Waals surface area contributed by atoms with Crippen LogP contribution in [0.5, 0.6) is 28.7 Å². The molecule has 10 heterocycles. The average molecular weight is 2040 g/mol. The lowest BCUT2D eigenvalue weighted by Crippen LogP contribution is -3.00. The zero-order valence-electron chi connectivity index (χ0n) is 84.6. The van der Waals surface area contributed by atoms with Crippen molar-refractivity contribution >= 4 is 133 Å². The van der Waals surface area contributed by atoms with Crippen molar-refractivity contribution in [2.24, 2.45) is 11.0 Å². The third-order valence-electron chi connectivity index (χ3n) is 22.5. The summed E-state index contributed by atoms with van der Waals surface area (Å²) in [6, 6.07) is 32.1. The number of nitrogens with zero attached hydrogens (tertiary/aromatic N) is 8. The van der Waals surface area contributed by atoms with Crippen LogP contribution in [0.2, 0.25) is 0 Å². The SMILES string of the molecule is C.CC(=O)OC(C)=O.CCOC(=O)C1CCN(C(=O)OCC)CCC1=O.CCOC(=O)N1CC(C(C)=O)=C(O)c2[nH]c3ccc(OC)cc3c2C1.CCOC(=O)N1CCC(=O)/C(=N/Nc2ccc(OC)cc2)CC1.CCOC(=O)N1CCC(=O)CC1.CCOC(=O)N1CCC(=O)c2[nH]c3ccc(OC)cc3c2C1.CCOC(=O)N1Cc2c(n[nH]c2C)-c2[nH]c3ccc(OC)cc3c2C1.CO.COc1ccc(C)cc1.[Cl-]. The van der Waals surface area contributed by atoms with Crippen LogP contribution in [0.15, 0.2) is 114 Å². The van der Waals surface area contributed by atoms with Crippen molar-refractivity contribution in [2.45, 2.75) is 162 Å². The van der Waals surface area contributed by atoms with E-state index in [-0.39, 0.29) is 130 Å². The minimum atomic E-state index is -0.746. The summed E-state index contributed by atoms with van der Waals surface area (Å²) in [7, 11) is 9.09. The minimum Gasteiger partial charge on any atom is -1.00 e. The van der Waals surface area contributed by atoms with E-state index in [4.69, 9.17) is 61.9 Å². The summed E-state index contributed by atoms with van der Waals surface area (Å²) in [4.78, 5) is 180. The van der Waals surface area contributed by atoms with Gasteiger partial charge in [0.1, 0.15) is 63.4 Å². The molecule has 5 aromatic carbocycles. The van der Waals surface area contributed by atoms with Crippen molar-refractivity contribution in [3.8, 4) is 40.1 Å². The third kappa shape index (κ3) is 34.8. The molecule has 4 aromatic heterocycles. The Morgan fingerprint density at radius 3 is 1.22 bits per heavy atom. The highest BCUT2D eigenvalue weighted by molar-refractivity contribution is 6.40. The highest BCUT2D eigenvalue weighted by Crippen LogP contribution is 2.40. The second-order valence-electron chi connectivity index (χ2n) is 32.0. The van der Waals surface area contributed by atoms with E-state index in [9.17, 15) is 72.2 Å². The number of rotatable bonds is 16. The van der Waals surface area contributed by atoms with E-state index in [0.717, 1.165) is 102 Å². The maximum absolute atomic E-state index is 12.4. The van der Waals surface area contributed by atoms with Crippen LogP contribution in [0, 0.1) is 19.8 Å². The van der Waals surface area contributed by atoms with Crippen LogP contribution in [-0.4, -0.2) is 295 Å². The molecule has 145 heavy (non-hydrogen) atoms. The van der Waals surface area contributed by atoms with Gasteiger partial charge < -0.3 is 119 Å². The van der Waals surface area contributed by atoms with Gasteiger partial charge in [-0.25, -0.2) is 28.8 Å². The summed E-state index contributed by atoms with van der Waals surface area (Å²) >= 11 is 0. The fourth-order valence-corrected chi connectivity index (χ4v) is 15.2. The van der Waals surface area contributed by atoms with Gasteiger partial charge in [-0.1, -0.05) is 25.1 Å². The Morgan fingerprint density at radius 1 is 0.421 bits per heavy atom. The van der Waals surface area contributed by atoms with Crippen molar-refractivity contribution in [1.29, 1.82) is 0 Å². The number of carbonyl (C=O) groups is 14. The number of aryl methyl sites for hydroxylation is 2. The molecule has 6 amide bonds. The van der Waals surface area contributed by atoms with E-state index in [2.05, 4.69) is 47.3 Å². The lowest BCUT2D eigenvalue weighted by atomic mass is 10.00. The number of nitrogens with one attached hydrogen (secondary N) is 5. The van der Waals surface area contributed by atoms with E-state index < -0.39 is 36.0 Å². The summed E-state index contributed by atoms with van der Waals surface area (Å²) in [6.45, 7) is 26.5. The fourth-order valence-electron chi connectivity index (χ4n) is 15.2. The molecule has 9 aromatic rings. The number of aliphatic hydroxyl groups is 2. The number of Topliss-reactive ketones (excluding diaryl/α,β-unsaturated/α-hetero) is 5. The number of piperidine rings is 1. The Kier molecular flexibility index (Phi) is 50.5. The topological polar surface area (TPSA) is 519 Å². The minimum absolute atomic E-state index is 0. The lowest BCUT2D eigenvalue weighted by Gasteiger charge is -2.24. The second-order valence-corrected chi connectivity index (χ2v) is 32.0. The number of amides is 6. The first kappa shape index (κ1) is 120. The molecule has 790 valence electrons. The first-order chi connectivity index (χ1) is 68.6. The normalized spacial score (nSPS) is 14.6. The maximum Gasteiger partial charge on any atom is 0.410 e. The first-order valence-electron chi connectivity index (χ1n) is 46.7. The first-order valence-corrected chi connectivity index (χ1v) is 46.7. The van der Waals surface area contributed by atoms with E-state index in [1.165, 1.54) is 41.0 Å². The lowest BCUT2D eigenvalue weighted by molar-refractivity contribution is -0.156. The Labute approximate surface area is 848 Å². The van der Waals surface area contributed by atoms with Crippen molar-refractivity contribution in [3.05, 3.63) is 154 Å². The van der Waals surface area contributed by atoms with Crippen molar-refractivity contribution < 1.29 is 151 Å². The van der Waals surface area contributed by atoms with Crippen LogP contribution in [-0.2, 0) is 97.6 Å². The van der Waals surface area contributed by atoms with Gasteiger partial charge in [0, 0.05) is 166 Å². The molecular formula is C102H135ClN13O29-. The molecule has 6 aliphatic heterocycles. The van der Waals surface area contributed by atoms with Crippen LogP contribution in [0.25, 0.3) is 49.9 Å². The number of halogens is 1. The quantitative estimate of drug-likeness (QED) is 0.0204. The number of hydrogen-bond donors (Lipinski definition) is 7. The van der Waals surface area contributed by atoms with E-state index >= 15 is 0 Å². The van der Waals surface area contributed by atoms with Gasteiger partial charge >= 0.3 is 54.5 Å². The molecule has 0 radical (unpaired) electrons. The number of methoxy groups -OCH3 is 5. The summed E-state index contributed by atoms with van der Waals surface area (Å²) in [5.41, 5.74) is 15.5. The number of aromatic nitrogens is 5. The van der Waals surface area contributed by atoms with Gasteiger partial charge in [0.05, 0.1) is 143 Å². The summed E-state index contributed by atoms with van der Waals surface area (Å²) < 4.78 is 64.8. The maximum atomic E-state index is 12.4. The highest BCUT2D eigenvalue weighted by Gasteiger charge is 2.36. The molecule has 1 atom stereocenters. The average Bonchev–Trinajstić information content (AvgIpc) is 1.59. The smallest absolute Gasteiger partial charge is 0.410 e. The van der Waals surface area contributed by atoms with Gasteiger partial charge in [0.25, 0.3) is 0 Å². The summed E-state index contributed by atoms with van der Waals surface area (Å²) in [5.74, 6) is 1.05. The Hall–Kier alpha value is -15.2. The molecule has 7 N–H and O–H groups in total. The number of aromatic amines is 4. The predicted molar refractivity (Wildman–Crippen MR) is 535 cm³/mol. The van der Waals surface area contributed by atoms with Gasteiger partial charge in [-0.3, -0.25) is 58.7 Å². The number of benzene rings is 5. The molecule has 3 fully saturated rings. The second kappa shape index (κ2) is 60.9. The number of hydrazone groups is 1. The van der Waals surface area contributed by atoms with Gasteiger partial charge in [0.15, 0.2) is 17.3 Å². The fraction of sp³-hybridized carbons (Fsp3) is 0.451. The molecule has 0 bridgehead atoms. The molecule has 0 aliphatic carbocycles. The van der Waals surface area contributed by atoms with E-state index in [1.807, 2.05) is 98.8 Å². The molecule has 6 aliphatic rings. The molecular weight excluding hydrogens is 1910 g/mol. The van der Waals surface area contributed by atoms with Crippen molar-refractivity contribution in [1.82, 2.24) is 54.5 Å². The zero-order valence-corrected chi connectivity index (χ0v) is 85.4. The monoisotopic (exact) mass is 2040 g/mol. The molecule has 0 spiro atoms. The van der Waals surface area contributed by atoms with Crippen LogP contribution in [0.4, 0.5) is 34.5 Å². The Bertz CT molecular complexity index is 5920. The largest absolute Gasteiger partial charge is 1.00 e. The molecule has 3 saturated heterocycles. The van der Waals surface area contributed by atoms with Gasteiger partial charge in [-0.05, 0) is 167 Å². The van der Waals surface area contributed by atoms with Crippen LogP contribution in [0.1, 0.15) is 171 Å². The number of likely N-dealkylation sites (tertiary alicyclic amines) is 3. The van der Waals surface area contributed by atoms with Crippen LogP contribution in [0.3, 0.4) is 0 Å². The van der Waals surface area contributed by atoms with E-state index in [1.54, 1.807) is 110 Å². The number of H-pyrrole nitrogens is 4. The van der Waals surface area contributed by atoms with Crippen LogP contribution >= 0.6 is 0 Å². The summed E-state index contributed by atoms with van der Waals surface area (Å²) in [5, 5.41) is 32.1. The van der Waals surface area contributed by atoms with Crippen molar-refractivity contribution in [3.63, 3.8) is 0 Å². The standard InChI is InChI=1S/C18H20N4O3.C18H20N2O5.C16H21N3O4.C16H18N2O4.C12H19NO5.C8H13NO3.C8H10O.C4H6O3.CH4O.CH4.ClH/c1-4-25-18(23)22-8-13-10(2)20-21-17(13)16-14(9-22)12-7-11(24-3)5-6-15(12)19-16;1-4-25-18(23)20-8-13(10(2)21)17(22)16-14(9-20)12-7-11(24-3)5-6-15(12)19-16;1-3-23-16(21)19-10-8-14(15(20)9-11-19)18-17-12-4-6-13(22-2)7-5-12;1-3-22-16(20)18-7-6-14(19)15-12(9-18)11-8-10(21-2)4-5-13(11)17-15;1-3-17-11(15)9-5-7-13(8-6-10(9)14)12(16)18-4-2;1-2-12-8(11)9-5-3-7(10)4-6-9;1-7-3-5-8(9-2)6-4-7;1-3(5)7-4(2)6;1-2;;/h5-7,19H,4,8-9H2,1-3H3,(H,20,21);5-7,19,22H,4,8-9H2,1-3H3;4-7,17H,3,8-11H2,1-2H3;4-5,8,17H,3,6-7,9H2,1-2H3;9H,3-8H2,1-2H3;2-6H2,1H3;3-6H,1-2H3;1-2H3;2H,1H3;1H4;1H/p-1/b;;18-14+;;;;;;;;. The molecule has 0 saturated carbocycles. The number of hydrogen-bond acceptors (Lipinski definition) is 32. The Morgan fingerprint density at radius 2 is 0.779 bits per heavy atom. The molecule has 1 unspecified atom stereocenters. The predicted octanol–water partition coefficient (Wildman–Crippen LogP) is 12.5. The molecule has 42 nitrogen and oxygen atoms in total. The Balaban J connectivity index is 0.000000298.